The van der Waals surface area contributed by atoms with Crippen molar-refractivity contribution in [2.75, 3.05) is 0 Å². The maximum atomic E-state index is 6.01. The van der Waals surface area contributed by atoms with E-state index in [-0.39, 0.29) is 6.61 Å². The second-order valence-electron chi connectivity index (χ2n) is 4.07. The number of rotatable bonds is 4. The van der Waals surface area contributed by atoms with E-state index in [0.717, 1.165) is 0 Å². The van der Waals surface area contributed by atoms with E-state index in [1.165, 1.54) is 0 Å². The number of hydrogen-bond acceptors (Lipinski definition) is 5. The maximum absolute atomic E-state index is 6.01. The lowest BCUT2D eigenvalue weighted by Gasteiger charge is -2.06. The fourth-order valence-corrected chi connectivity index (χ4v) is 2.17. The molecule has 0 N–H and O–H groups in total. The first-order valence-electron chi connectivity index (χ1n) is 6.05. The molecular formula is C14H9Cl2N3O2. The van der Waals surface area contributed by atoms with Gasteiger partial charge in [0.15, 0.2) is 12.4 Å². The lowest BCUT2D eigenvalue weighted by molar-refractivity contribution is 0.243. The maximum Gasteiger partial charge on any atom is 0.264 e. The average molecular weight is 322 g/mol. The molecule has 0 radical (unpaired) electrons. The Balaban J connectivity index is 1.74. The van der Waals surface area contributed by atoms with Gasteiger partial charge in [-0.3, -0.25) is 4.98 Å². The minimum Gasteiger partial charge on any atom is -0.481 e. The summed E-state index contributed by atoms with van der Waals surface area (Å²) in [4.78, 5) is 8.34. The SMILES string of the molecule is Clc1cccc(Cl)c1OCc1nc(-c2ccccn2)no1. The summed E-state index contributed by atoms with van der Waals surface area (Å²) in [6.07, 6.45) is 1.66. The van der Waals surface area contributed by atoms with Crippen molar-refractivity contribution in [1.82, 2.24) is 15.1 Å². The van der Waals surface area contributed by atoms with Gasteiger partial charge in [0.1, 0.15) is 5.69 Å². The predicted molar refractivity (Wildman–Crippen MR) is 78.3 cm³/mol. The molecule has 1 aromatic carbocycles. The molecule has 0 unspecified atom stereocenters. The van der Waals surface area contributed by atoms with E-state index in [1.807, 2.05) is 12.1 Å². The van der Waals surface area contributed by atoms with Crippen LogP contribution in [0.4, 0.5) is 0 Å². The number of pyridine rings is 1. The molecule has 2 heterocycles. The van der Waals surface area contributed by atoms with Crippen LogP contribution in [0.2, 0.25) is 10.0 Å². The predicted octanol–water partition coefficient (Wildman–Crippen LogP) is 4.02. The fraction of sp³-hybridized carbons (Fsp3) is 0.0714. The summed E-state index contributed by atoms with van der Waals surface area (Å²) < 4.78 is 10.6. The Morgan fingerprint density at radius 2 is 1.86 bits per heavy atom. The normalized spacial score (nSPS) is 10.6. The van der Waals surface area contributed by atoms with Crippen LogP contribution in [0, 0.1) is 0 Å². The van der Waals surface area contributed by atoms with Crippen molar-refractivity contribution < 1.29 is 9.26 Å². The van der Waals surface area contributed by atoms with Gasteiger partial charge in [0.25, 0.3) is 5.89 Å². The van der Waals surface area contributed by atoms with Gasteiger partial charge in [-0.15, -0.1) is 0 Å². The van der Waals surface area contributed by atoms with Crippen LogP contribution in [0.15, 0.2) is 47.1 Å². The van der Waals surface area contributed by atoms with Gasteiger partial charge < -0.3 is 9.26 Å². The lowest BCUT2D eigenvalue weighted by atomic mass is 10.3. The van der Waals surface area contributed by atoms with Crippen molar-refractivity contribution >= 4 is 23.2 Å². The highest BCUT2D eigenvalue weighted by molar-refractivity contribution is 6.37. The molecule has 5 nitrogen and oxygen atoms in total. The van der Waals surface area contributed by atoms with E-state index in [9.17, 15) is 0 Å². The van der Waals surface area contributed by atoms with Crippen LogP contribution in [0.3, 0.4) is 0 Å². The second kappa shape index (κ2) is 6.11. The van der Waals surface area contributed by atoms with Crippen LogP contribution < -0.4 is 4.74 Å². The van der Waals surface area contributed by atoms with E-state index >= 15 is 0 Å². The fourth-order valence-electron chi connectivity index (χ4n) is 1.67. The van der Waals surface area contributed by atoms with Crippen LogP contribution >= 0.6 is 23.2 Å². The minimum absolute atomic E-state index is 0.0727. The number of para-hydroxylation sites is 1. The van der Waals surface area contributed by atoms with E-state index < -0.39 is 0 Å². The number of halogens is 2. The third-order valence-corrected chi connectivity index (χ3v) is 3.22. The highest BCUT2D eigenvalue weighted by Crippen LogP contribution is 2.32. The summed E-state index contributed by atoms with van der Waals surface area (Å²) in [6.45, 7) is 0.0727. The Labute approximate surface area is 130 Å². The summed E-state index contributed by atoms with van der Waals surface area (Å²) in [5, 5.41) is 4.70. The van der Waals surface area contributed by atoms with Gasteiger partial charge in [0.05, 0.1) is 10.0 Å². The summed E-state index contributed by atoms with van der Waals surface area (Å²) in [7, 11) is 0. The van der Waals surface area contributed by atoms with Gasteiger partial charge in [0, 0.05) is 6.20 Å². The standard InChI is InChI=1S/C14H9Cl2N3O2/c15-9-4-3-5-10(16)13(9)20-8-12-18-14(19-21-12)11-6-1-2-7-17-11/h1-7H,8H2. The third kappa shape index (κ3) is 3.15. The van der Waals surface area contributed by atoms with Gasteiger partial charge in [-0.1, -0.05) is 40.5 Å². The molecule has 0 fully saturated rings. The van der Waals surface area contributed by atoms with Crippen molar-refractivity contribution in [3.63, 3.8) is 0 Å². The van der Waals surface area contributed by atoms with Gasteiger partial charge in [-0.2, -0.15) is 4.98 Å². The number of aromatic nitrogens is 3. The van der Waals surface area contributed by atoms with E-state index in [4.69, 9.17) is 32.5 Å². The highest BCUT2D eigenvalue weighted by Gasteiger charge is 2.12. The van der Waals surface area contributed by atoms with Gasteiger partial charge in [0.2, 0.25) is 5.82 Å². The Bertz CT molecular complexity index is 727. The first-order valence-corrected chi connectivity index (χ1v) is 6.80. The molecular weight excluding hydrogens is 313 g/mol. The molecule has 2 aromatic heterocycles. The van der Waals surface area contributed by atoms with Crippen LogP contribution in [0.5, 0.6) is 5.75 Å². The zero-order chi connectivity index (χ0) is 14.7. The highest BCUT2D eigenvalue weighted by atomic mass is 35.5. The van der Waals surface area contributed by atoms with Gasteiger partial charge >= 0.3 is 0 Å². The number of benzene rings is 1. The Hall–Kier alpha value is -2.11. The van der Waals surface area contributed by atoms with Crippen LogP contribution in [0.1, 0.15) is 5.89 Å². The smallest absolute Gasteiger partial charge is 0.264 e. The zero-order valence-electron chi connectivity index (χ0n) is 10.7. The summed E-state index contributed by atoms with van der Waals surface area (Å²) in [5.74, 6) is 1.10. The molecule has 0 amide bonds. The Morgan fingerprint density at radius 1 is 1.05 bits per heavy atom. The van der Waals surface area contributed by atoms with Crippen molar-refractivity contribution in [1.29, 1.82) is 0 Å². The zero-order valence-corrected chi connectivity index (χ0v) is 12.2. The molecule has 0 atom stereocenters. The second-order valence-corrected chi connectivity index (χ2v) is 4.88. The topological polar surface area (TPSA) is 61.0 Å². The van der Waals surface area contributed by atoms with Crippen molar-refractivity contribution in [3.8, 4) is 17.3 Å². The molecule has 3 rings (SSSR count). The van der Waals surface area contributed by atoms with Crippen LogP contribution in [-0.2, 0) is 6.61 Å². The molecule has 0 saturated carbocycles. The summed E-state index contributed by atoms with van der Waals surface area (Å²) >= 11 is 12.0. The monoisotopic (exact) mass is 321 g/mol. The summed E-state index contributed by atoms with van der Waals surface area (Å²) in [5.41, 5.74) is 0.628. The molecule has 7 heteroatoms. The molecule has 106 valence electrons. The lowest BCUT2D eigenvalue weighted by Crippen LogP contribution is -1.97. The Kier molecular flexibility index (Phi) is 4.03. The molecule has 0 aliphatic carbocycles. The first kappa shape index (κ1) is 13.9. The first-order chi connectivity index (χ1) is 10.2. The van der Waals surface area contributed by atoms with Crippen LogP contribution in [0.25, 0.3) is 11.5 Å². The molecule has 21 heavy (non-hydrogen) atoms. The minimum atomic E-state index is 0.0727. The Morgan fingerprint density at radius 3 is 2.57 bits per heavy atom. The molecule has 0 aliphatic heterocycles. The average Bonchev–Trinajstić information content (AvgIpc) is 2.97. The molecule has 0 spiro atoms. The number of ether oxygens (including phenoxy) is 1. The van der Waals surface area contributed by atoms with E-state index in [2.05, 4.69) is 15.1 Å². The molecule has 0 aliphatic rings. The van der Waals surface area contributed by atoms with Gasteiger partial charge in [-0.25, -0.2) is 0 Å². The third-order valence-electron chi connectivity index (χ3n) is 2.62. The molecule has 3 aromatic rings. The number of hydrogen-bond donors (Lipinski definition) is 0. The van der Waals surface area contributed by atoms with E-state index in [1.54, 1.807) is 30.5 Å². The van der Waals surface area contributed by atoms with Gasteiger partial charge in [-0.05, 0) is 24.3 Å². The summed E-state index contributed by atoms with van der Waals surface area (Å²) in [6, 6.07) is 10.6. The number of nitrogens with zero attached hydrogens (tertiary/aromatic N) is 3. The van der Waals surface area contributed by atoms with Crippen molar-refractivity contribution in [2.24, 2.45) is 0 Å². The quantitative estimate of drug-likeness (QED) is 0.726. The van der Waals surface area contributed by atoms with E-state index in [0.29, 0.717) is 33.2 Å². The van der Waals surface area contributed by atoms with Crippen molar-refractivity contribution in [3.05, 3.63) is 58.5 Å². The molecule has 0 saturated heterocycles. The van der Waals surface area contributed by atoms with Crippen LogP contribution in [-0.4, -0.2) is 15.1 Å². The molecule has 0 bridgehead atoms. The largest absolute Gasteiger partial charge is 0.481 e. The van der Waals surface area contributed by atoms with Crippen molar-refractivity contribution in [2.45, 2.75) is 6.61 Å².